The van der Waals surface area contributed by atoms with Crippen molar-refractivity contribution < 1.29 is 4.57 Å². The summed E-state index contributed by atoms with van der Waals surface area (Å²) < 4.78 is 6.87. The second-order valence-corrected chi connectivity index (χ2v) is 5.36. The van der Waals surface area contributed by atoms with Crippen molar-refractivity contribution >= 4 is 16.6 Å². The predicted molar refractivity (Wildman–Crippen MR) is 76.4 cm³/mol. The monoisotopic (exact) mass is 261 g/mol. The maximum atomic E-state index is 4.28. The normalized spacial score (nSPS) is 13.1. The Morgan fingerprint density at radius 3 is 3.10 bits per heavy atom. The molecule has 0 N–H and O–H groups in total. The average Bonchev–Trinajstić information content (AvgIpc) is 3.10. The van der Waals surface area contributed by atoms with E-state index in [1.165, 1.54) is 33.5 Å². The number of aryl methyl sites for hydroxylation is 1. The summed E-state index contributed by atoms with van der Waals surface area (Å²) in [6.45, 7) is 0.930. The molecule has 5 rings (SSSR count). The number of rotatable bonds is 0. The summed E-state index contributed by atoms with van der Waals surface area (Å²) in [5.74, 6) is 1.25. The Kier molecular flexibility index (Phi) is 1.67. The van der Waals surface area contributed by atoms with Crippen LogP contribution in [0, 0.1) is 0 Å². The molecule has 1 aliphatic heterocycles. The van der Waals surface area contributed by atoms with Gasteiger partial charge in [-0.1, -0.05) is 6.07 Å². The van der Waals surface area contributed by atoms with Gasteiger partial charge >= 0.3 is 0 Å². The molecule has 96 valence electrons. The molecule has 0 aromatic carbocycles. The maximum absolute atomic E-state index is 4.28. The fraction of sp³-hybridized carbons (Fsp3) is 0.125. The topological polar surface area (TPSA) is 26.1 Å². The third-order valence-corrected chi connectivity index (χ3v) is 4.32. The van der Waals surface area contributed by atoms with Crippen LogP contribution < -0.4 is 4.57 Å². The first-order valence-electron chi connectivity index (χ1n) is 6.76. The van der Waals surface area contributed by atoms with E-state index in [1.54, 1.807) is 0 Å². The number of fused-ring (bicyclic) bond motifs is 7. The minimum atomic E-state index is 0.930. The van der Waals surface area contributed by atoms with Crippen LogP contribution in [0.5, 0.6) is 0 Å². The minimum Gasteiger partial charge on any atom is -0.316 e. The summed E-state index contributed by atoms with van der Waals surface area (Å²) in [6.07, 6.45) is 8.15. The van der Waals surface area contributed by atoms with E-state index in [9.17, 15) is 0 Å². The van der Waals surface area contributed by atoms with Gasteiger partial charge in [0.25, 0.3) is 5.82 Å². The van der Waals surface area contributed by atoms with Gasteiger partial charge in [0, 0.05) is 24.2 Å². The van der Waals surface area contributed by atoms with E-state index in [2.05, 4.69) is 62.2 Å². The molecule has 1 aliphatic rings. The third-order valence-electron chi connectivity index (χ3n) is 4.32. The van der Waals surface area contributed by atoms with Crippen molar-refractivity contribution in [3.8, 4) is 11.4 Å². The van der Waals surface area contributed by atoms with Crippen molar-refractivity contribution in [2.75, 3.05) is 0 Å². The molecule has 0 spiro atoms. The molecule has 0 atom stereocenters. The van der Waals surface area contributed by atoms with Crippen LogP contribution in [-0.4, -0.2) is 14.0 Å². The first kappa shape index (κ1) is 10.2. The van der Waals surface area contributed by atoms with Crippen LogP contribution in [0.2, 0.25) is 0 Å². The molecule has 0 fully saturated rings. The number of pyridine rings is 2. The van der Waals surface area contributed by atoms with Crippen LogP contribution in [0.25, 0.3) is 27.9 Å². The van der Waals surface area contributed by atoms with Crippen LogP contribution in [0.1, 0.15) is 5.56 Å². The van der Waals surface area contributed by atoms with Crippen LogP contribution in [0.15, 0.2) is 49.1 Å². The number of aromatic nitrogens is 4. The van der Waals surface area contributed by atoms with E-state index in [0.717, 1.165) is 6.54 Å². The van der Waals surface area contributed by atoms with Gasteiger partial charge < -0.3 is 4.40 Å². The molecule has 0 aliphatic carbocycles. The first-order chi connectivity index (χ1) is 9.84. The summed E-state index contributed by atoms with van der Waals surface area (Å²) >= 11 is 0. The molecule has 4 aromatic heterocycles. The summed E-state index contributed by atoms with van der Waals surface area (Å²) in [5.41, 5.74) is 6.42. The summed E-state index contributed by atoms with van der Waals surface area (Å²) in [4.78, 5) is 4.28. The van der Waals surface area contributed by atoms with Gasteiger partial charge in [0.1, 0.15) is 6.54 Å². The Morgan fingerprint density at radius 1 is 1.20 bits per heavy atom. The highest BCUT2D eigenvalue weighted by Gasteiger charge is 2.34. The Hall–Kier alpha value is -2.62. The van der Waals surface area contributed by atoms with Gasteiger partial charge in [0.2, 0.25) is 5.52 Å². The zero-order chi connectivity index (χ0) is 13.3. The second-order valence-electron chi connectivity index (χ2n) is 5.36. The van der Waals surface area contributed by atoms with Crippen molar-refractivity contribution in [3.63, 3.8) is 0 Å². The molecule has 0 amide bonds. The van der Waals surface area contributed by atoms with Crippen molar-refractivity contribution in [1.29, 1.82) is 0 Å². The molecule has 0 radical (unpaired) electrons. The highest BCUT2D eigenvalue weighted by atomic mass is 15.2. The van der Waals surface area contributed by atoms with Gasteiger partial charge in [-0.05, 0) is 18.2 Å². The predicted octanol–water partition coefficient (Wildman–Crippen LogP) is 2.14. The van der Waals surface area contributed by atoms with Crippen molar-refractivity contribution in [3.05, 3.63) is 54.6 Å². The Bertz CT molecular complexity index is 990. The molecule has 4 heteroatoms. The summed E-state index contributed by atoms with van der Waals surface area (Å²) in [7, 11) is 2.13. The van der Waals surface area contributed by atoms with Gasteiger partial charge in [-0.25, -0.2) is 9.13 Å². The second kappa shape index (κ2) is 3.28. The van der Waals surface area contributed by atoms with Gasteiger partial charge in [-0.2, -0.15) is 0 Å². The van der Waals surface area contributed by atoms with Crippen LogP contribution in [-0.2, 0) is 13.6 Å². The lowest BCUT2D eigenvalue weighted by Crippen LogP contribution is -2.31. The SMILES string of the molecule is Cn1c2[n+](c3c1cn1ccccc31)Cc1ccncc1-2. The lowest BCUT2D eigenvalue weighted by Gasteiger charge is -1.94. The van der Waals surface area contributed by atoms with Gasteiger partial charge in [0.05, 0.1) is 24.3 Å². The van der Waals surface area contributed by atoms with Crippen molar-refractivity contribution in [2.45, 2.75) is 6.54 Å². The molecule has 0 saturated carbocycles. The Morgan fingerprint density at radius 2 is 2.15 bits per heavy atom. The van der Waals surface area contributed by atoms with Crippen molar-refractivity contribution in [2.24, 2.45) is 7.05 Å². The number of nitrogens with zero attached hydrogens (tertiary/aromatic N) is 4. The van der Waals surface area contributed by atoms with Gasteiger partial charge in [-0.15, -0.1) is 0 Å². The zero-order valence-corrected chi connectivity index (χ0v) is 11.1. The van der Waals surface area contributed by atoms with Gasteiger partial charge in [-0.3, -0.25) is 4.98 Å². The molecule has 0 saturated heterocycles. The van der Waals surface area contributed by atoms with E-state index in [1.807, 2.05) is 12.4 Å². The standard InChI is InChI=1S/C16H13N4/c1-18-14-10-19-7-3-2-4-13(19)15(14)20-9-11-5-6-17-8-12(11)16(18)20/h2-8,10H,9H2,1H3/q+1. The molecule has 20 heavy (non-hydrogen) atoms. The quantitative estimate of drug-likeness (QED) is 0.392. The molecule has 5 heterocycles. The number of hydrogen-bond acceptors (Lipinski definition) is 1. The smallest absolute Gasteiger partial charge is 0.292 e. The van der Waals surface area contributed by atoms with E-state index < -0.39 is 0 Å². The Balaban J connectivity index is 1.99. The summed E-state index contributed by atoms with van der Waals surface area (Å²) in [5, 5.41) is 0. The highest BCUT2D eigenvalue weighted by Crippen LogP contribution is 2.31. The average molecular weight is 261 g/mol. The van der Waals surface area contributed by atoms with E-state index in [-0.39, 0.29) is 0 Å². The lowest BCUT2D eigenvalue weighted by molar-refractivity contribution is -0.645. The fourth-order valence-corrected chi connectivity index (χ4v) is 3.43. The summed E-state index contributed by atoms with van der Waals surface area (Å²) in [6, 6.07) is 8.46. The lowest BCUT2D eigenvalue weighted by atomic mass is 10.2. The minimum absolute atomic E-state index is 0.930. The third kappa shape index (κ3) is 1.04. The van der Waals surface area contributed by atoms with Crippen LogP contribution in [0.4, 0.5) is 0 Å². The largest absolute Gasteiger partial charge is 0.316 e. The van der Waals surface area contributed by atoms with E-state index in [4.69, 9.17) is 0 Å². The maximum Gasteiger partial charge on any atom is 0.292 e. The van der Waals surface area contributed by atoms with Crippen LogP contribution >= 0.6 is 0 Å². The highest BCUT2D eigenvalue weighted by molar-refractivity contribution is 5.91. The first-order valence-corrected chi connectivity index (χ1v) is 6.76. The molecule has 0 unspecified atom stereocenters. The number of imidazole rings is 1. The Labute approximate surface area is 115 Å². The molecule has 4 aromatic rings. The van der Waals surface area contributed by atoms with Crippen molar-refractivity contribution in [1.82, 2.24) is 14.0 Å². The van der Waals surface area contributed by atoms with E-state index >= 15 is 0 Å². The zero-order valence-electron chi connectivity index (χ0n) is 11.1. The molecular weight excluding hydrogens is 248 g/mol. The molecule has 0 bridgehead atoms. The molecule has 4 nitrogen and oxygen atoms in total. The van der Waals surface area contributed by atoms with Crippen LogP contribution in [0.3, 0.4) is 0 Å². The van der Waals surface area contributed by atoms with Gasteiger partial charge in [0.15, 0.2) is 5.52 Å². The molecular formula is C16H13N4+. The van der Waals surface area contributed by atoms with E-state index in [0.29, 0.717) is 0 Å². The fourth-order valence-electron chi connectivity index (χ4n) is 3.43. The number of hydrogen-bond donors (Lipinski definition) is 0.